The number of imidazole rings is 1. The minimum absolute atomic E-state index is 0.0663. The van der Waals surface area contributed by atoms with Crippen molar-refractivity contribution in [2.45, 2.75) is 6.54 Å². The van der Waals surface area contributed by atoms with Crippen LogP contribution in [-0.2, 0) is 11.3 Å². The molecule has 0 bridgehead atoms. The number of nitrogens with zero attached hydrogens (tertiary/aromatic N) is 2. The van der Waals surface area contributed by atoms with E-state index in [4.69, 9.17) is 9.84 Å². The van der Waals surface area contributed by atoms with E-state index in [0.29, 0.717) is 13.2 Å². The zero-order valence-electron chi connectivity index (χ0n) is 10.8. The second kappa shape index (κ2) is 7.51. The molecule has 1 N–H and O–H groups in total. The van der Waals surface area contributed by atoms with E-state index in [1.807, 2.05) is 29.2 Å². The highest BCUT2D eigenvalue weighted by atomic mass is 16.5. The van der Waals surface area contributed by atoms with Gasteiger partial charge >= 0.3 is 0 Å². The Morgan fingerprint density at radius 1 is 1.26 bits per heavy atom. The van der Waals surface area contributed by atoms with Crippen LogP contribution in [0, 0.1) is 0 Å². The molecular weight excluding hydrogens is 240 g/mol. The van der Waals surface area contributed by atoms with Crippen LogP contribution in [0.1, 0.15) is 11.1 Å². The lowest BCUT2D eigenvalue weighted by molar-refractivity contribution is 0.112. The van der Waals surface area contributed by atoms with Gasteiger partial charge in [0, 0.05) is 18.9 Å². The minimum Gasteiger partial charge on any atom is -0.394 e. The second-order valence-corrected chi connectivity index (χ2v) is 4.18. The monoisotopic (exact) mass is 258 g/mol. The second-order valence-electron chi connectivity index (χ2n) is 4.18. The SMILES string of the molecule is OCCOC/C=C/c1ccc(Cn2ccnc2)cc1. The van der Waals surface area contributed by atoms with Gasteiger partial charge in [-0.25, -0.2) is 4.98 Å². The molecule has 0 spiro atoms. The van der Waals surface area contributed by atoms with Gasteiger partial charge in [0.25, 0.3) is 0 Å². The van der Waals surface area contributed by atoms with E-state index in [2.05, 4.69) is 29.2 Å². The maximum absolute atomic E-state index is 8.56. The Labute approximate surface area is 113 Å². The molecule has 0 radical (unpaired) electrons. The van der Waals surface area contributed by atoms with Gasteiger partial charge < -0.3 is 14.4 Å². The molecule has 4 nitrogen and oxygen atoms in total. The van der Waals surface area contributed by atoms with Crippen molar-refractivity contribution in [2.75, 3.05) is 19.8 Å². The standard InChI is InChI=1S/C15H18N2O2/c18-9-11-19-10-1-2-14-3-5-15(6-4-14)12-17-8-7-16-13-17/h1-8,13,18H,9-12H2/b2-1+. The summed E-state index contributed by atoms with van der Waals surface area (Å²) in [4.78, 5) is 4.02. The van der Waals surface area contributed by atoms with E-state index in [0.717, 1.165) is 12.1 Å². The summed E-state index contributed by atoms with van der Waals surface area (Å²) >= 11 is 0. The highest BCUT2D eigenvalue weighted by molar-refractivity contribution is 5.49. The first kappa shape index (κ1) is 13.5. The molecule has 100 valence electrons. The van der Waals surface area contributed by atoms with Crippen molar-refractivity contribution in [2.24, 2.45) is 0 Å². The number of aliphatic hydroxyl groups excluding tert-OH is 1. The van der Waals surface area contributed by atoms with Gasteiger partial charge in [-0.2, -0.15) is 0 Å². The number of hydrogen-bond acceptors (Lipinski definition) is 3. The smallest absolute Gasteiger partial charge is 0.0949 e. The lowest BCUT2D eigenvalue weighted by Gasteiger charge is -2.03. The van der Waals surface area contributed by atoms with E-state index in [9.17, 15) is 0 Å². The van der Waals surface area contributed by atoms with E-state index < -0.39 is 0 Å². The number of rotatable bonds is 7. The highest BCUT2D eigenvalue weighted by Crippen LogP contribution is 2.07. The van der Waals surface area contributed by atoms with Crippen LogP contribution in [0.2, 0.25) is 0 Å². The van der Waals surface area contributed by atoms with Crippen molar-refractivity contribution in [1.29, 1.82) is 0 Å². The van der Waals surface area contributed by atoms with E-state index in [-0.39, 0.29) is 6.61 Å². The molecular formula is C15H18N2O2. The Hall–Kier alpha value is -1.91. The molecule has 1 aromatic heterocycles. The Balaban J connectivity index is 1.84. The summed E-state index contributed by atoms with van der Waals surface area (Å²) in [5, 5.41) is 8.56. The maximum atomic E-state index is 8.56. The summed E-state index contributed by atoms with van der Waals surface area (Å²) in [7, 11) is 0. The van der Waals surface area contributed by atoms with Gasteiger partial charge in [-0.05, 0) is 11.1 Å². The van der Waals surface area contributed by atoms with Gasteiger partial charge in [-0.1, -0.05) is 36.4 Å². The van der Waals surface area contributed by atoms with E-state index in [1.165, 1.54) is 5.56 Å². The fourth-order valence-corrected chi connectivity index (χ4v) is 1.73. The molecule has 0 saturated carbocycles. The zero-order valence-corrected chi connectivity index (χ0v) is 10.8. The van der Waals surface area contributed by atoms with Crippen molar-refractivity contribution in [3.8, 4) is 0 Å². The molecule has 0 aliphatic heterocycles. The number of aromatic nitrogens is 2. The maximum Gasteiger partial charge on any atom is 0.0949 e. The van der Waals surface area contributed by atoms with E-state index >= 15 is 0 Å². The zero-order chi connectivity index (χ0) is 13.3. The third-order valence-corrected chi connectivity index (χ3v) is 2.66. The summed E-state index contributed by atoms with van der Waals surface area (Å²) in [6.07, 6.45) is 9.50. The lowest BCUT2D eigenvalue weighted by Crippen LogP contribution is -1.98. The quantitative estimate of drug-likeness (QED) is 0.772. The summed E-state index contributed by atoms with van der Waals surface area (Å²) in [6, 6.07) is 8.37. The van der Waals surface area contributed by atoms with Crippen LogP contribution in [-0.4, -0.2) is 34.5 Å². The van der Waals surface area contributed by atoms with Gasteiger partial charge in [-0.3, -0.25) is 0 Å². The van der Waals surface area contributed by atoms with Gasteiger partial charge in [0.15, 0.2) is 0 Å². The number of ether oxygens (including phenoxy) is 1. The van der Waals surface area contributed by atoms with Crippen molar-refractivity contribution < 1.29 is 9.84 Å². The molecule has 0 atom stereocenters. The largest absolute Gasteiger partial charge is 0.394 e. The first-order valence-electron chi connectivity index (χ1n) is 6.28. The highest BCUT2D eigenvalue weighted by Gasteiger charge is 1.94. The minimum atomic E-state index is 0.0663. The van der Waals surface area contributed by atoms with E-state index in [1.54, 1.807) is 6.20 Å². The molecule has 0 aliphatic carbocycles. The normalized spacial score (nSPS) is 11.2. The molecule has 1 aromatic carbocycles. The average Bonchev–Trinajstić information content (AvgIpc) is 2.93. The molecule has 0 fully saturated rings. The number of hydrogen-bond donors (Lipinski definition) is 1. The van der Waals surface area contributed by atoms with Crippen LogP contribution >= 0.6 is 0 Å². The Bertz CT molecular complexity index is 489. The van der Waals surface area contributed by atoms with Crippen LogP contribution in [0.15, 0.2) is 49.1 Å². The third-order valence-electron chi connectivity index (χ3n) is 2.66. The molecule has 0 aliphatic rings. The molecule has 19 heavy (non-hydrogen) atoms. The first-order valence-corrected chi connectivity index (χ1v) is 6.28. The molecule has 0 saturated heterocycles. The predicted molar refractivity (Wildman–Crippen MR) is 74.7 cm³/mol. The Kier molecular flexibility index (Phi) is 5.34. The van der Waals surface area contributed by atoms with Crippen molar-refractivity contribution in [3.63, 3.8) is 0 Å². The Morgan fingerprint density at radius 2 is 2.11 bits per heavy atom. The van der Waals surface area contributed by atoms with Gasteiger partial charge in [0.05, 0.1) is 26.1 Å². The van der Waals surface area contributed by atoms with Crippen molar-refractivity contribution in [1.82, 2.24) is 9.55 Å². The van der Waals surface area contributed by atoms with Crippen molar-refractivity contribution >= 4 is 6.08 Å². The molecule has 2 rings (SSSR count). The topological polar surface area (TPSA) is 47.3 Å². The summed E-state index contributed by atoms with van der Waals surface area (Å²) < 4.78 is 7.19. The number of benzene rings is 1. The Morgan fingerprint density at radius 3 is 2.79 bits per heavy atom. The number of aliphatic hydroxyl groups is 1. The predicted octanol–water partition coefficient (Wildman–Crippen LogP) is 1.95. The summed E-state index contributed by atoms with van der Waals surface area (Å²) in [5.74, 6) is 0. The fraction of sp³-hybridized carbons (Fsp3) is 0.267. The van der Waals surface area contributed by atoms with Crippen LogP contribution < -0.4 is 0 Å². The molecule has 4 heteroatoms. The summed E-state index contributed by atoms with van der Waals surface area (Å²) in [6.45, 7) is 1.81. The lowest BCUT2D eigenvalue weighted by atomic mass is 10.1. The van der Waals surface area contributed by atoms with Gasteiger partial charge in [0.1, 0.15) is 0 Å². The van der Waals surface area contributed by atoms with Gasteiger partial charge in [0.2, 0.25) is 0 Å². The molecule has 0 amide bonds. The average molecular weight is 258 g/mol. The van der Waals surface area contributed by atoms with Crippen LogP contribution in [0.5, 0.6) is 0 Å². The van der Waals surface area contributed by atoms with Crippen LogP contribution in [0.4, 0.5) is 0 Å². The van der Waals surface area contributed by atoms with Crippen LogP contribution in [0.3, 0.4) is 0 Å². The molecule has 2 aromatic rings. The molecule has 1 heterocycles. The van der Waals surface area contributed by atoms with Gasteiger partial charge in [-0.15, -0.1) is 0 Å². The van der Waals surface area contributed by atoms with Crippen LogP contribution in [0.25, 0.3) is 6.08 Å². The fourth-order valence-electron chi connectivity index (χ4n) is 1.73. The third kappa shape index (κ3) is 4.69. The first-order chi connectivity index (χ1) is 9.38. The van der Waals surface area contributed by atoms with Crippen molar-refractivity contribution in [3.05, 3.63) is 60.2 Å². The summed E-state index contributed by atoms with van der Waals surface area (Å²) in [5.41, 5.74) is 2.38. The molecule has 0 unspecified atom stereocenters.